The highest BCUT2D eigenvalue weighted by molar-refractivity contribution is 5.42. The molecule has 0 radical (unpaired) electrons. The summed E-state index contributed by atoms with van der Waals surface area (Å²) in [5.41, 5.74) is 0.858. The molecule has 0 saturated heterocycles. The van der Waals surface area contributed by atoms with Crippen molar-refractivity contribution in [2.45, 2.75) is 50.9 Å². The fourth-order valence-corrected chi connectivity index (χ4v) is 2.60. The molecule has 0 amide bonds. The number of aliphatic hydroxyl groups excluding tert-OH is 2. The number of hydrogen-bond donors (Lipinski definition) is 2. The van der Waals surface area contributed by atoms with E-state index in [0.717, 1.165) is 37.1 Å². The van der Waals surface area contributed by atoms with E-state index in [0.29, 0.717) is 0 Å². The van der Waals surface area contributed by atoms with Crippen LogP contribution in [0.5, 0.6) is 0 Å². The lowest BCUT2D eigenvalue weighted by Gasteiger charge is -2.36. The third-order valence-electron chi connectivity index (χ3n) is 3.80. The lowest BCUT2D eigenvalue weighted by atomic mass is 9.91. The van der Waals surface area contributed by atoms with Gasteiger partial charge in [-0.1, -0.05) is 12.8 Å². The van der Waals surface area contributed by atoms with Crippen LogP contribution in [0.15, 0.2) is 18.3 Å². The van der Waals surface area contributed by atoms with Gasteiger partial charge in [-0.3, -0.25) is 0 Å². The maximum Gasteiger partial charge on any atom is 0.128 e. The number of nitrogens with zero attached hydrogens (tertiary/aromatic N) is 2. The molecule has 2 N–H and O–H groups in total. The maximum absolute atomic E-state index is 10.1. The molecule has 0 spiro atoms. The molecule has 1 saturated carbocycles. The van der Waals surface area contributed by atoms with Gasteiger partial charge < -0.3 is 15.1 Å². The molecule has 0 aliphatic heterocycles. The molecular formula is C14H22N2O2. The second kappa shape index (κ2) is 5.67. The Morgan fingerprint density at radius 2 is 2.11 bits per heavy atom. The van der Waals surface area contributed by atoms with Crippen LogP contribution in [-0.4, -0.2) is 34.4 Å². The molecule has 1 fully saturated rings. The molecule has 1 heterocycles. The summed E-state index contributed by atoms with van der Waals surface area (Å²) in [6.07, 6.45) is 5.07. The van der Waals surface area contributed by atoms with Gasteiger partial charge in [0.2, 0.25) is 0 Å². The van der Waals surface area contributed by atoms with Crippen molar-refractivity contribution in [1.29, 1.82) is 0 Å². The van der Waals surface area contributed by atoms with E-state index in [1.807, 2.05) is 24.1 Å². The highest BCUT2D eigenvalue weighted by Gasteiger charge is 2.27. The molecule has 18 heavy (non-hydrogen) atoms. The van der Waals surface area contributed by atoms with Crippen LogP contribution in [0.25, 0.3) is 0 Å². The van der Waals surface area contributed by atoms with Gasteiger partial charge in [-0.2, -0.15) is 0 Å². The summed E-state index contributed by atoms with van der Waals surface area (Å²) in [5.74, 6) is 0.819. The Kier molecular flexibility index (Phi) is 4.19. The van der Waals surface area contributed by atoms with Crippen molar-refractivity contribution in [3.63, 3.8) is 0 Å². The molecule has 1 aliphatic rings. The van der Waals surface area contributed by atoms with Crippen LogP contribution in [0.4, 0.5) is 5.82 Å². The van der Waals surface area contributed by atoms with Gasteiger partial charge in [0.05, 0.1) is 18.2 Å². The van der Waals surface area contributed by atoms with Gasteiger partial charge in [0.15, 0.2) is 0 Å². The summed E-state index contributed by atoms with van der Waals surface area (Å²) in [6.45, 7) is 1.74. The molecule has 0 aromatic carbocycles. The summed E-state index contributed by atoms with van der Waals surface area (Å²) < 4.78 is 0. The van der Waals surface area contributed by atoms with Crippen LogP contribution < -0.4 is 4.90 Å². The number of aliphatic hydroxyl groups is 2. The summed E-state index contributed by atoms with van der Waals surface area (Å²) in [6, 6.07) is 3.85. The largest absolute Gasteiger partial charge is 0.391 e. The molecule has 2 rings (SSSR count). The van der Waals surface area contributed by atoms with Gasteiger partial charge in [0.1, 0.15) is 5.82 Å². The number of rotatable bonds is 3. The Balaban J connectivity index is 2.16. The molecule has 1 aromatic rings. The number of aromatic nitrogens is 1. The molecule has 100 valence electrons. The number of anilines is 1. The highest BCUT2D eigenvalue weighted by Crippen LogP contribution is 2.26. The van der Waals surface area contributed by atoms with E-state index in [4.69, 9.17) is 0 Å². The molecule has 2 unspecified atom stereocenters. The molecule has 3 atom stereocenters. The van der Waals surface area contributed by atoms with E-state index in [1.54, 1.807) is 13.1 Å². The summed E-state index contributed by atoms with van der Waals surface area (Å²) in [7, 11) is 1.97. The summed E-state index contributed by atoms with van der Waals surface area (Å²) >= 11 is 0. The van der Waals surface area contributed by atoms with Crippen molar-refractivity contribution in [3.05, 3.63) is 23.9 Å². The second-order valence-corrected chi connectivity index (χ2v) is 5.15. The van der Waals surface area contributed by atoms with Crippen molar-refractivity contribution in [1.82, 2.24) is 4.98 Å². The van der Waals surface area contributed by atoms with Gasteiger partial charge in [-0.15, -0.1) is 0 Å². The first kappa shape index (κ1) is 13.3. The molecule has 4 nitrogen and oxygen atoms in total. The minimum atomic E-state index is -0.489. The van der Waals surface area contributed by atoms with E-state index >= 15 is 0 Å². The zero-order valence-corrected chi connectivity index (χ0v) is 11.1. The van der Waals surface area contributed by atoms with Crippen LogP contribution in [0.1, 0.15) is 44.3 Å². The summed E-state index contributed by atoms with van der Waals surface area (Å²) in [4.78, 5) is 6.37. The third-order valence-corrected chi connectivity index (χ3v) is 3.80. The van der Waals surface area contributed by atoms with Crippen molar-refractivity contribution in [3.8, 4) is 0 Å². The van der Waals surface area contributed by atoms with Gasteiger partial charge in [0.25, 0.3) is 0 Å². The van der Waals surface area contributed by atoms with Crippen molar-refractivity contribution in [2.75, 3.05) is 11.9 Å². The van der Waals surface area contributed by atoms with Crippen LogP contribution in [0, 0.1) is 0 Å². The maximum atomic E-state index is 10.1. The fraction of sp³-hybridized carbons (Fsp3) is 0.643. The zero-order chi connectivity index (χ0) is 13.1. The molecule has 1 aliphatic carbocycles. The first-order chi connectivity index (χ1) is 8.59. The van der Waals surface area contributed by atoms with Crippen LogP contribution >= 0.6 is 0 Å². The third kappa shape index (κ3) is 2.82. The smallest absolute Gasteiger partial charge is 0.128 e. The molecule has 1 aromatic heterocycles. The lowest BCUT2D eigenvalue weighted by Crippen LogP contribution is -2.43. The Morgan fingerprint density at radius 3 is 2.78 bits per heavy atom. The monoisotopic (exact) mass is 250 g/mol. The van der Waals surface area contributed by atoms with E-state index in [2.05, 4.69) is 4.98 Å². The van der Waals surface area contributed by atoms with Gasteiger partial charge in [-0.25, -0.2) is 4.98 Å². The second-order valence-electron chi connectivity index (χ2n) is 5.15. The van der Waals surface area contributed by atoms with Crippen molar-refractivity contribution < 1.29 is 10.2 Å². The molecular weight excluding hydrogens is 228 g/mol. The Morgan fingerprint density at radius 1 is 1.39 bits per heavy atom. The average Bonchev–Trinajstić information content (AvgIpc) is 2.38. The van der Waals surface area contributed by atoms with Crippen LogP contribution in [0.2, 0.25) is 0 Å². The minimum Gasteiger partial charge on any atom is -0.391 e. The standard InChI is InChI=1S/C14H22N2O2/c1-10(17)11-7-8-15-14(9-11)16(2)12-5-3-4-6-13(12)18/h7-10,12-13,17-18H,3-6H2,1-2H3/t10-,12?,13?/m1/s1. The lowest BCUT2D eigenvalue weighted by molar-refractivity contribution is 0.106. The number of pyridine rings is 1. The SMILES string of the molecule is C[C@@H](O)c1ccnc(N(C)C2CCCCC2O)c1. The predicted octanol–water partition coefficient (Wildman–Crippen LogP) is 1.87. The van der Waals surface area contributed by atoms with Gasteiger partial charge >= 0.3 is 0 Å². The number of likely N-dealkylation sites (N-methyl/N-ethyl adjacent to an activating group) is 1. The molecule has 4 heteroatoms. The van der Waals surface area contributed by atoms with Gasteiger partial charge in [-0.05, 0) is 37.5 Å². The van der Waals surface area contributed by atoms with E-state index in [1.165, 1.54) is 0 Å². The Hall–Kier alpha value is -1.13. The molecule has 0 bridgehead atoms. The predicted molar refractivity (Wildman–Crippen MR) is 71.5 cm³/mol. The van der Waals surface area contributed by atoms with Gasteiger partial charge in [0, 0.05) is 13.2 Å². The van der Waals surface area contributed by atoms with E-state index in [9.17, 15) is 10.2 Å². The Labute approximate surface area is 108 Å². The van der Waals surface area contributed by atoms with E-state index < -0.39 is 6.10 Å². The average molecular weight is 250 g/mol. The van der Waals surface area contributed by atoms with Crippen LogP contribution in [0.3, 0.4) is 0 Å². The van der Waals surface area contributed by atoms with Crippen LogP contribution in [-0.2, 0) is 0 Å². The fourth-order valence-electron chi connectivity index (χ4n) is 2.60. The van der Waals surface area contributed by atoms with Crippen molar-refractivity contribution in [2.24, 2.45) is 0 Å². The van der Waals surface area contributed by atoms with E-state index in [-0.39, 0.29) is 12.1 Å². The van der Waals surface area contributed by atoms with Crippen molar-refractivity contribution >= 4 is 5.82 Å². The first-order valence-electron chi connectivity index (χ1n) is 6.64. The Bertz CT molecular complexity index is 395. The topological polar surface area (TPSA) is 56.6 Å². The summed E-state index contributed by atoms with van der Waals surface area (Å²) in [5, 5.41) is 19.7. The number of hydrogen-bond acceptors (Lipinski definition) is 4. The first-order valence-corrected chi connectivity index (χ1v) is 6.64. The minimum absolute atomic E-state index is 0.135. The normalized spacial score (nSPS) is 25.8. The quantitative estimate of drug-likeness (QED) is 0.860. The zero-order valence-electron chi connectivity index (χ0n) is 11.1. The highest BCUT2D eigenvalue weighted by atomic mass is 16.3.